The maximum absolute atomic E-state index is 12.0. The lowest BCUT2D eigenvalue weighted by Crippen LogP contribution is -2.29. The van der Waals surface area contributed by atoms with Gasteiger partial charge in [0.2, 0.25) is 0 Å². The third-order valence-corrected chi connectivity index (χ3v) is 6.18. The zero-order chi connectivity index (χ0) is 23.8. The Bertz CT molecular complexity index is 1240. The van der Waals surface area contributed by atoms with Gasteiger partial charge in [0.05, 0.1) is 17.6 Å². The summed E-state index contributed by atoms with van der Waals surface area (Å²) < 4.78 is 7.70. The summed E-state index contributed by atoms with van der Waals surface area (Å²) in [6.07, 6.45) is 3.73. The number of aromatic nitrogens is 2. The molecule has 4 rings (SSSR count). The molecule has 1 heterocycles. The highest BCUT2D eigenvalue weighted by Crippen LogP contribution is 2.25. The molecule has 0 aliphatic carbocycles. The van der Waals surface area contributed by atoms with E-state index >= 15 is 0 Å². The first kappa shape index (κ1) is 24.1. The molecule has 0 aliphatic rings. The first-order chi connectivity index (χ1) is 16.6. The Hall–Kier alpha value is -3.02. The molecule has 3 aromatic carbocycles. The van der Waals surface area contributed by atoms with Crippen LogP contribution in [-0.2, 0) is 17.8 Å². The molecule has 0 spiro atoms. The molecule has 0 bridgehead atoms. The van der Waals surface area contributed by atoms with Crippen LogP contribution < -0.4 is 10.1 Å². The van der Waals surface area contributed by atoms with Gasteiger partial charge in [-0.25, -0.2) is 4.98 Å². The predicted octanol–water partition coefficient (Wildman–Crippen LogP) is 6.30. The van der Waals surface area contributed by atoms with Gasteiger partial charge in [-0.2, -0.15) is 0 Å². The molecule has 0 saturated carbocycles. The number of rotatable bonds is 11. The molecule has 5 nitrogen and oxygen atoms in total. The minimum absolute atomic E-state index is 0.0291. The van der Waals surface area contributed by atoms with Crippen molar-refractivity contribution in [3.63, 3.8) is 0 Å². The Balaban J connectivity index is 1.27. The van der Waals surface area contributed by atoms with Crippen molar-refractivity contribution < 1.29 is 9.53 Å². The van der Waals surface area contributed by atoms with Crippen molar-refractivity contribution in [2.45, 2.75) is 32.2 Å². The Morgan fingerprint density at radius 1 is 0.941 bits per heavy atom. The van der Waals surface area contributed by atoms with E-state index in [0.29, 0.717) is 28.9 Å². The van der Waals surface area contributed by atoms with Gasteiger partial charge in [0.15, 0.2) is 6.61 Å². The van der Waals surface area contributed by atoms with Crippen LogP contribution in [0.2, 0.25) is 10.0 Å². The van der Waals surface area contributed by atoms with E-state index in [1.54, 1.807) is 6.07 Å². The molecule has 34 heavy (non-hydrogen) atoms. The average Bonchev–Trinajstić information content (AvgIpc) is 3.19. The van der Waals surface area contributed by atoms with E-state index in [2.05, 4.69) is 16.0 Å². The van der Waals surface area contributed by atoms with E-state index in [1.807, 2.05) is 60.7 Å². The van der Waals surface area contributed by atoms with Gasteiger partial charge in [0.25, 0.3) is 5.91 Å². The molecule has 0 fully saturated rings. The van der Waals surface area contributed by atoms with Crippen LogP contribution in [0.25, 0.3) is 11.0 Å². The third-order valence-electron chi connectivity index (χ3n) is 5.59. The van der Waals surface area contributed by atoms with E-state index in [9.17, 15) is 4.79 Å². The molecule has 1 amide bonds. The average molecular weight is 496 g/mol. The number of halogens is 2. The number of ether oxygens (including phenoxy) is 1. The summed E-state index contributed by atoms with van der Waals surface area (Å²) >= 11 is 12.5. The Kier molecular flexibility index (Phi) is 8.45. The number of aryl methyl sites for hydroxylation is 1. The van der Waals surface area contributed by atoms with Crippen molar-refractivity contribution in [1.82, 2.24) is 14.9 Å². The number of hydrogen-bond donors (Lipinski definition) is 1. The number of para-hydroxylation sites is 3. The molecule has 1 N–H and O–H groups in total. The molecule has 176 valence electrons. The van der Waals surface area contributed by atoms with E-state index in [-0.39, 0.29) is 12.5 Å². The fourth-order valence-corrected chi connectivity index (χ4v) is 4.31. The SMILES string of the molecule is O=C(COc1ccccc1)NCCCCCc1nc2ccccc2n1Cc1ccc(Cl)cc1Cl. The number of nitrogens with one attached hydrogen (secondary N) is 1. The van der Waals surface area contributed by atoms with Crippen molar-refractivity contribution in [1.29, 1.82) is 0 Å². The second kappa shape index (κ2) is 11.9. The Morgan fingerprint density at radius 3 is 2.56 bits per heavy atom. The zero-order valence-electron chi connectivity index (χ0n) is 18.8. The highest BCUT2D eigenvalue weighted by molar-refractivity contribution is 6.35. The van der Waals surface area contributed by atoms with Crippen molar-refractivity contribution in [3.8, 4) is 5.75 Å². The van der Waals surface area contributed by atoms with Crippen LogP contribution >= 0.6 is 23.2 Å². The number of benzene rings is 3. The summed E-state index contributed by atoms with van der Waals surface area (Å²) in [6.45, 7) is 1.30. The first-order valence-corrected chi connectivity index (χ1v) is 12.2. The van der Waals surface area contributed by atoms with Crippen molar-refractivity contribution in [2.75, 3.05) is 13.2 Å². The lowest BCUT2D eigenvalue weighted by Gasteiger charge is -2.11. The lowest BCUT2D eigenvalue weighted by atomic mass is 10.1. The molecule has 0 unspecified atom stereocenters. The molecular weight excluding hydrogens is 469 g/mol. The highest BCUT2D eigenvalue weighted by Gasteiger charge is 2.12. The van der Waals surface area contributed by atoms with Gasteiger partial charge >= 0.3 is 0 Å². The van der Waals surface area contributed by atoms with E-state index < -0.39 is 0 Å². The van der Waals surface area contributed by atoms with Crippen LogP contribution in [0.3, 0.4) is 0 Å². The van der Waals surface area contributed by atoms with E-state index in [4.69, 9.17) is 32.9 Å². The number of fused-ring (bicyclic) bond motifs is 1. The van der Waals surface area contributed by atoms with E-state index in [0.717, 1.165) is 48.1 Å². The molecule has 0 saturated heterocycles. The number of carbonyl (C=O) groups is 1. The van der Waals surface area contributed by atoms with Gasteiger partial charge in [-0.3, -0.25) is 4.79 Å². The molecule has 7 heteroatoms. The van der Waals surface area contributed by atoms with Gasteiger partial charge in [-0.1, -0.05) is 66.0 Å². The predicted molar refractivity (Wildman–Crippen MR) is 138 cm³/mol. The Labute approximate surface area is 209 Å². The molecule has 1 aromatic heterocycles. The highest BCUT2D eigenvalue weighted by atomic mass is 35.5. The fourth-order valence-electron chi connectivity index (χ4n) is 3.84. The number of amides is 1. The standard InChI is InChI=1S/C27H27Cl2N3O2/c28-21-15-14-20(23(29)17-21)18-32-25-12-7-6-11-24(25)31-26(32)13-5-2-8-16-30-27(33)19-34-22-9-3-1-4-10-22/h1,3-4,6-7,9-12,14-15,17H,2,5,8,13,16,18-19H2,(H,30,33). The minimum atomic E-state index is -0.106. The van der Waals surface area contributed by atoms with Gasteiger partial charge in [0.1, 0.15) is 11.6 Å². The maximum Gasteiger partial charge on any atom is 0.257 e. The van der Waals surface area contributed by atoms with Crippen molar-refractivity contribution in [2.24, 2.45) is 0 Å². The number of imidazole rings is 1. The summed E-state index contributed by atoms with van der Waals surface area (Å²) in [5.41, 5.74) is 3.08. The fraction of sp³-hybridized carbons (Fsp3) is 0.259. The van der Waals surface area contributed by atoms with Gasteiger partial charge in [0, 0.05) is 23.0 Å². The topological polar surface area (TPSA) is 56.1 Å². The number of nitrogens with zero attached hydrogens (tertiary/aromatic N) is 2. The molecule has 4 aromatic rings. The van der Waals surface area contributed by atoms with E-state index in [1.165, 1.54) is 0 Å². The van der Waals surface area contributed by atoms with Crippen LogP contribution in [0.4, 0.5) is 0 Å². The summed E-state index contributed by atoms with van der Waals surface area (Å²) in [4.78, 5) is 16.8. The number of unbranched alkanes of at least 4 members (excludes halogenated alkanes) is 2. The quantitative estimate of drug-likeness (QED) is 0.248. The molecule has 0 radical (unpaired) electrons. The summed E-state index contributed by atoms with van der Waals surface area (Å²) in [5.74, 6) is 1.62. The second-order valence-electron chi connectivity index (χ2n) is 8.10. The zero-order valence-corrected chi connectivity index (χ0v) is 20.4. The van der Waals surface area contributed by atoms with Crippen molar-refractivity contribution in [3.05, 3.63) is 94.2 Å². The largest absolute Gasteiger partial charge is 0.484 e. The normalized spacial score (nSPS) is 11.0. The van der Waals surface area contributed by atoms with Gasteiger partial charge < -0.3 is 14.6 Å². The maximum atomic E-state index is 12.0. The minimum Gasteiger partial charge on any atom is -0.484 e. The van der Waals surface area contributed by atoms with Crippen LogP contribution in [0.15, 0.2) is 72.8 Å². The molecule has 0 aliphatic heterocycles. The van der Waals surface area contributed by atoms with Gasteiger partial charge in [-0.15, -0.1) is 0 Å². The second-order valence-corrected chi connectivity index (χ2v) is 8.94. The van der Waals surface area contributed by atoms with Gasteiger partial charge in [-0.05, 0) is 54.8 Å². The number of carbonyl (C=O) groups excluding carboxylic acids is 1. The van der Waals surface area contributed by atoms with Crippen LogP contribution in [0.5, 0.6) is 5.75 Å². The van der Waals surface area contributed by atoms with Crippen molar-refractivity contribution >= 4 is 40.1 Å². The smallest absolute Gasteiger partial charge is 0.257 e. The van der Waals surface area contributed by atoms with Crippen LogP contribution in [0, 0.1) is 0 Å². The lowest BCUT2D eigenvalue weighted by molar-refractivity contribution is -0.123. The third kappa shape index (κ3) is 6.52. The van der Waals surface area contributed by atoms with Crippen LogP contribution in [0.1, 0.15) is 30.7 Å². The first-order valence-electron chi connectivity index (χ1n) is 11.4. The molecule has 0 atom stereocenters. The summed E-state index contributed by atoms with van der Waals surface area (Å²) in [5, 5.41) is 4.20. The Morgan fingerprint density at radius 2 is 1.74 bits per heavy atom. The summed E-state index contributed by atoms with van der Waals surface area (Å²) in [6, 6.07) is 23.1. The van der Waals surface area contributed by atoms with Crippen LogP contribution in [-0.4, -0.2) is 28.6 Å². The number of hydrogen-bond acceptors (Lipinski definition) is 3. The molecular formula is C27H27Cl2N3O2. The monoisotopic (exact) mass is 495 g/mol. The summed E-state index contributed by atoms with van der Waals surface area (Å²) in [7, 11) is 0.